The number of rotatable bonds is 4. The average Bonchev–Trinajstić information content (AvgIpc) is 3.54. The number of fused-ring (bicyclic) bond motifs is 8. The summed E-state index contributed by atoms with van der Waals surface area (Å²) >= 11 is 0. The first-order chi connectivity index (χ1) is 19.0. The molecule has 0 bridgehead atoms. The third kappa shape index (κ3) is 3.66. The molecular weight excluding hydrogens is 494 g/mol. The maximum atomic E-state index is 6.70. The van der Waals surface area contributed by atoms with Crippen molar-refractivity contribution in [3.8, 4) is 0 Å². The number of aromatic nitrogens is 1. The highest BCUT2D eigenvalue weighted by Gasteiger charge is 2.71. The summed E-state index contributed by atoms with van der Waals surface area (Å²) in [6.45, 7) is 20.0. The predicted octanol–water partition coefficient (Wildman–Crippen LogP) is 8.97. The van der Waals surface area contributed by atoms with Crippen molar-refractivity contribution in [2.45, 2.75) is 137 Å². The molecule has 40 heavy (non-hydrogen) atoms. The molecule has 0 aromatic carbocycles. The van der Waals surface area contributed by atoms with E-state index < -0.39 is 0 Å². The molecule has 1 aromatic heterocycles. The van der Waals surface area contributed by atoms with Crippen LogP contribution in [0.2, 0.25) is 0 Å². The summed E-state index contributed by atoms with van der Waals surface area (Å²) in [6, 6.07) is 0. The fraction of sp³-hybridized carbons (Fsp3) is 0.917. The van der Waals surface area contributed by atoms with Crippen molar-refractivity contribution in [1.29, 1.82) is 0 Å². The molecule has 0 N–H and O–H groups in total. The van der Waals surface area contributed by atoms with Gasteiger partial charge in [-0.15, -0.1) is 0 Å². The molecule has 5 aliphatic carbocycles. The molecule has 4 nitrogen and oxygen atoms in total. The van der Waals surface area contributed by atoms with Crippen LogP contribution in [-0.4, -0.2) is 24.7 Å². The largest absolute Gasteiger partial charge is 0.361 e. The highest BCUT2D eigenvalue weighted by Crippen LogP contribution is 2.77. The average molecular weight is 552 g/mol. The van der Waals surface area contributed by atoms with E-state index in [0.29, 0.717) is 27.6 Å². The Balaban J connectivity index is 1.22. The van der Waals surface area contributed by atoms with E-state index in [9.17, 15) is 0 Å². The van der Waals surface area contributed by atoms with Gasteiger partial charge in [-0.05, 0) is 134 Å². The van der Waals surface area contributed by atoms with Gasteiger partial charge in [0.25, 0.3) is 0 Å². The summed E-state index contributed by atoms with van der Waals surface area (Å²) in [5, 5.41) is 4.31. The standard InChI is InChI=1S/C36H57NO3/c1-23(2)25-13-16-36(22-39-29-10-8-9-19-38-29)18-17-34(6)26(30(25)36)11-12-28-33(5)20-24-21-37-40-31(24)32(3,4)27(33)14-15-35(28,34)7/h21,23,25-30H,8-20,22H2,1-7H3/t25-,26+,27-,28+,29?,30+,33-,34+,35+,36+/m0/s1. The number of hydrogen-bond acceptors (Lipinski definition) is 4. The Morgan fingerprint density at radius 3 is 2.48 bits per heavy atom. The Morgan fingerprint density at radius 1 is 0.900 bits per heavy atom. The smallest absolute Gasteiger partial charge is 0.157 e. The van der Waals surface area contributed by atoms with Crippen LogP contribution in [0.5, 0.6) is 0 Å². The Hall–Kier alpha value is -0.870. The lowest BCUT2D eigenvalue weighted by atomic mass is 9.32. The SMILES string of the molecule is CC(C)[C@@H]1CC[C@]2(COC3CCCCO3)CC[C@]3(C)[C@H](CC[C@@H]4[C@@]5(C)Cc6cnoc6C(C)(C)[C@@H]5CC[C@]43C)[C@@H]12. The summed E-state index contributed by atoms with van der Waals surface area (Å²) in [5.41, 5.74) is 2.90. The maximum Gasteiger partial charge on any atom is 0.157 e. The molecule has 1 saturated heterocycles. The zero-order valence-corrected chi connectivity index (χ0v) is 26.7. The van der Waals surface area contributed by atoms with Gasteiger partial charge in [0.1, 0.15) is 5.76 Å². The monoisotopic (exact) mass is 551 g/mol. The molecule has 0 spiro atoms. The topological polar surface area (TPSA) is 44.5 Å². The molecule has 4 heteroatoms. The van der Waals surface area contributed by atoms with E-state index in [2.05, 4.69) is 59.8 Å². The fourth-order valence-electron chi connectivity index (χ4n) is 13.2. The Labute approximate surface area is 244 Å². The zero-order chi connectivity index (χ0) is 28.1. The maximum absolute atomic E-state index is 6.70. The van der Waals surface area contributed by atoms with Crippen LogP contribution >= 0.6 is 0 Å². The van der Waals surface area contributed by atoms with Gasteiger partial charge in [-0.25, -0.2) is 0 Å². The molecule has 10 atom stereocenters. The van der Waals surface area contributed by atoms with E-state index in [0.717, 1.165) is 55.6 Å². The minimum atomic E-state index is 0.0376. The van der Waals surface area contributed by atoms with Gasteiger partial charge >= 0.3 is 0 Å². The van der Waals surface area contributed by atoms with Crippen molar-refractivity contribution < 1.29 is 14.0 Å². The van der Waals surface area contributed by atoms with Crippen LogP contribution in [0.15, 0.2) is 10.7 Å². The predicted molar refractivity (Wildman–Crippen MR) is 159 cm³/mol. The second-order valence-electron chi connectivity index (χ2n) is 17.2. The lowest BCUT2D eigenvalue weighted by Crippen LogP contribution is -2.66. The number of nitrogens with zero attached hydrogens (tertiary/aromatic N) is 1. The number of hydrogen-bond donors (Lipinski definition) is 0. The minimum Gasteiger partial charge on any atom is -0.361 e. The van der Waals surface area contributed by atoms with Crippen molar-refractivity contribution in [1.82, 2.24) is 5.16 Å². The molecule has 4 saturated carbocycles. The fourth-order valence-corrected chi connectivity index (χ4v) is 13.2. The second kappa shape index (κ2) is 9.31. The highest BCUT2D eigenvalue weighted by molar-refractivity contribution is 5.32. The van der Waals surface area contributed by atoms with E-state index >= 15 is 0 Å². The van der Waals surface area contributed by atoms with Gasteiger partial charge in [-0.3, -0.25) is 0 Å². The van der Waals surface area contributed by atoms with Crippen molar-refractivity contribution >= 4 is 0 Å². The van der Waals surface area contributed by atoms with Gasteiger partial charge in [0.05, 0.1) is 12.8 Å². The van der Waals surface area contributed by atoms with Gasteiger partial charge in [-0.1, -0.05) is 53.6 Å². The molecular formula is C36H57NO3. The molecule has 0 radical (unpaired) electrons. The summed E-state index contributed by atoms with van der Waals surface area (Å²) < 4.78 is 18.7. The summed E-state index contributed by atoms with van der Waals surface area (Å²) in [4.78, 5) is 0. The van der Waals surface area contributed by atoms with Crippen molar-refractivity contribution in [3.63, 3.8) is 0 Å². The van der Waals surface area contributed by atoms with Crippen LogP contribution in [0, 0.1) is 57.2 Å². The summed E-state index contributed by atoms with van der Waals surface area (Å²) in [6.07, 6.45) is 17.8. The lowest BCUT2D eigenvalue weighted by Gasteiger charge is -2.72. The van der Waals surface area contributed by atoms with Gasteiger partial charge in [-0.2, -0.15) is 0 Å². The lowest BCUT2D eigenvalue weighted by molar-refractivity contribution is -0.243. The molecule has 1 aromatic rings. The van der Waals surface area contributed by atoms with E-state index in [-0.39, 0.29) is 11.7 Å². The van der Waals surface area contributed by atoms with E-state index in [1.54, 1.807) is 0 Å². The van der Waals surface area contributed by atoms with E-state index in [1.165, 1.54) is 75.5 Å². The Morgan fingerprint density at radius 2 is 1.73 bits per heavy atom. The molecule has 224 valence electrons. The molecule has 1 aliphatic heterocycles. The van der Waals surface area contributed by atoms with Gasteiger partial charge in [0.15, 0.2) is 6.29 Å². The quantitative estimate of drug-likeness (QED) is 0.375. The van der Waals surface area contributed by atoms with Crippen molar-refractivity contribution in [3.05, 3.63) is 17.5 Å². The molecule has 0 amide bonds. The number of ether oxygens (including phenoxy) is 2. The van der Waals surface area contributed by atoms with Crippen LogP contribution in [0.4, 0.5) is 0 Å². The third-order valence-corrected chi connectivity index (χ3v) is 15.1. The second-order valence-corrected chi connectivity index (χ2v) is 17.2. The van der Waals surface area contributed by atoms with Crippen molar-refractivity contribution in [2.75, 3.05) is 13.2 Å². The normalized spacial score (nSPS) is 49.5. The summed E-state index contributed by atoms with van der Waals surface area (Å²) in [5.74, 6) is 5.81. The van der Waals surface area contributed by atoms with Crippen LogP contribution in [0.25, 0.3) is 0 Å². The van der Waals surface area contributed by atoms with Crippen LogP contribution in [-0.2, 0) is 21.3 Å². The van der Waals surface area contributed by atoms with Crippen LogP contribution in [0.3, 0.4) is 0 Å². The first-order valence-electron chi connectivity index (χ1n) is 17.1. The van der Waals surface area contributed by atoms with Gasteiger partial charge in [0, 0.05) is 17.6 Å². The molecule has 1 unspecified atom stereocenters. The zero-order valence-electron chi connectivity index (χ0n) is 26.7. The molecule has 2 heterocycles. The Bertz CT molecular complexity index is 1100. The molecule has 6 aliphatic rings. The molecule has 5 fully saturated rings. The van der Waals surface area contributed by atoms with E-state index in [4.69, 9.17) is 14.0 Å². The van der Waals surface area contributed by atoms with Gasteiger partial charge in [0.2, 0.25) is 0 Å². The van der Waals surface area contributed by atoms with Gasteiger partial charge < -0.3 is 14.0 Å². The van der Waals surface area contributed by atoms with Crippen molar-refractivity contribution in [2.24, 2.45) is 57.2 Å². The highest BCUT2D eigenvalue weighted by atomic mass is 16.7. The first kappa shape index (κ1) is 27.9. The first-order valence-corrected chi connectivity index (χ1v) is 17.1. The Kier molecular flexibility index (Phi) is 6.50. The van der Waals surface area contributed by atoms with Crippen LogP contribution in [0.1, 0.15) is 130 Å². The third-order valence-electron chi connectivity index (χ3n) is 15.1. The minimum absolute atomic E-state index is 0.0376. The summed E-state index contributed by atoms with van der Waals surface area (Å²) in [7, 11) is 0. The van der Waals surface area contributed by atoms with E-state index in [1.807, 2.05) is 0 Å². The molecule has 7 rings (SSSR count). The van der Waals surface area contributed by atoms with Crippen LogP contribution < -0.4 is 0 Å².